The molecular weight excluding hydrogens is 291 g/mol. The van der Waals surface area contributed by atoms with E-state index < -0.39 is 11.7 Å². The first-order valence-electron chi connectivity index (χ1n) is 6.16. The number of anilines is 1. The molecule has 2 rings (SSSR count). The number of amides is 1. The van der Waals surface area contributed by atoms with Gasteiger partial charge in [0, 0.05) is 23.6 Å². The summed E-state index contributed by atoms with van der Waals surface area (Å²) >= 11 is 1.47. The summed E-state index contributed by atoms with van der Waals surface area (Å²) in [6.07, 6.45) is 5.30. The molecule has 0 unspecified atom stereocenters. The van der Waals surface area contributed by atoms with E-state index in [1.165, 1.54) is 18.0 Å². The van der Waals surface area contributed by atoms with E-state index in [9.17, 15) is 9.18 Å². The molecular formula is C14H15FN4OS. The normalized spacial score (nSPS) is 10.2. The van der Waals surface area contributed by atoms with Crippen molar-refractivity contribution in [2.45, 2.75) is 6.54 Å². The topological polar surface area (TPSA) is 71.2 Å². The molecule has 21 heavy (non-hydrogen) atoms. The highest BCUT2D eigenvalue weighted by atomic mass is 32.2. The number of hydrogen-bond acceptors (Lipinski definition) is 5. The fourth-order valence-corrected chi connectivity index (χ4v) is 2.40. The number of benzene rings is 1. The molecule has 0 aliphatic heterocycles. The number of carbonyl (C=O) groups excluding carboxylic acids is 1. The maximum absolute atomic E-state index is 14.1. The quantitative estimate of drug-likeness (QED) is 0.383. The summed E-state index contributed by atoms with van der Waals surface area (Å²) in [5, 5.41) is 0. The van der Waals surface area contributed by atoms with Crippen LogP contribution in [0.5, 0.6) is 0 Å². The average Bonchev–Trinajstić information content (AvgIpc) is 2.53. The Labute approximate surface area is 126 Å². The second-order valence-corrected chi connectivity index (χ2v) is 5.02. The second-order valence-electron chi connectivity index (χ2n) is 4.21. The van der Waals surface area contributed by atoms with Crippen LogP contribution in [0.3, 0.4) is 0 Å². The van der Waals surface area contributed by atoms with Crippen LogP contribution in [0.15, 0.2) is 42.7 Å². The Morgan fingerprint density at radius 3 is 2.86 bits per heavy atom. The van der Waals surface area contributed by atoms with Crippen LogP contribution in [0, 0.1) is 5.82 Å². The summed E-state index contributed by atoms with van der Waals surface area (Å²) in [5.41, 5.74) is 3.54. The van der Waals surface area contributed by atoms with E-state index in [4.69, 9.17) is 5.84 Å². The van der Waals surface area contributed by atoms with Gasteiger partial charge in [0.2, 0.25) is 0 Å². The number of rotatable bonds is 5. The Morgan fingerprint density at radius 1 is 1.48 bits per heavy atom. The zero-order valence-electron chi connectivity index (χ0n) is 11.4. The van der Waals surface area contributed by atoms with Gasteiger partial charge in [-0.05, 0) is 24.3 Å². The Morgan fingerprint density at radius 2 is 2.29 bits per heavy atom. The van der Waals surface area contributed by atoms with Crippen molar-refractivity contribution in [3.05, 3.63) is 59.7 Å². The van der Waals surface area contributed by atoms with Gasteiger partial charge in [0.1, 0.15) is 5.82 Å². The summed E-state index contributed by atoms with van der Waals surface area (Å²) in [6.45, 7) is 0.364. The molecule has 1 heterocycles. The molecule has 1 aromatic carbocycles. The number of hydrogen-bond donors (Lipinski definition) is 2. The number of nitrogens with zero attached hydrogens (tertiary/aromatic N) is 2. The van der Waals surface area contributed by atoms with Crippen LogP contribution in [0.2, 0.25) is 0 Å². The molecule has 7 heteroatoms. The zero-order valence-corrected chi connectivity index (χ0v) is 12.2. The molecule has 0 bridgehead atoms. The van der Waals surface area contributed by atoms with Gasteiger partial charge in [0.25, 0.3) is 5.91 Å². The minimum atomic E-state index is -0.519. The highest BCUT2D eigenvalue weighted by molar-refractivity contribution is 7.99. The molecule has 3 N–H and O–H groups in total. The van der Waals surface area contributed by atoms with Gasteiger partial charge in [0.05, 0.1) is 18.4 Å². The van der Waals surface area contributed by atoms with Crippen molar-refractivity contribution in [3.63, 3.8) is 0 Å². The molecule has 2 aromatic rings. The first-order chi connectivity index (χ1) is 10.2. The predicted octanol–water partition coefficient (Wildman–Crippen LogP) is 2.11. The van der Waals surface area contributed by atoms with Crippen molar-refractivity contribution >= 4 is 23.5 Å². The SMILES string of the molecule is CSN(Cc1ccc(C(=O)NN)cc1F)c1cccnc1. The minimum Gasteiger partial charge on any atom is -0.310 e. The number of carbonyl (C=O) groups is 1. The Hall–Kier alpha value is -2.12. The van der Waals surface area contributed by atoms with E-state index >= 15 is 0 Å². The van der Waals surface area contributed by atoms with Crippen LogP contribution in [0.1, 0.15) is 15.9 Å². The number of nitrogens with one attached hydrogen (secondary N) is 1. The first kappa shape index (κ1) is 15.3. The smallest absolute Gasteiger partial charge is 0.265 e. The lowest BCUT2D eigenvalue weighted by Gasteiger charge is -2.21. The number of hydrazine groups is 1. The van der Waals surface area contributed by atoms with Crippen LogP contribution in [0.4, 0.5) is 10.1 Å². The van der Waals surface area contributed by atoms with Crippen LogP contribution >= 0.6 is 11.9 Å². The van der Waals surface area contributed by atoms with Crippen molar-refractivity contribution < 1.29 is 9.18 Å². The summed E-state index contributed by atoms with van der Waals surface area (Å²) in [4.78, 5) is 15.4. The molecule has 0 aliphatic rings. The number of aromatic nitrogens is 1. The molecule has 5 nitrogen and oxygen atoms in total. The van der Waals surface area contributed by atoms with Gasteiger partial charge in [-0.1, -0.05) is 18.0 Å². The molecule has 0 aliphatic carbocycles. The molecule has 0 atom stereocenters. The number of nitrogen functional groups attached to an aromatic ring is 1. The van der Waals surface area contributed by atoms with Crippen LogP contribution in [-0.2, 0) is 6.54 Å². The van der Waals surface area contributed by atoms with Gasteiger partial charge < -0.3 is 4.31 Å². The van der Waals surface area contributed by atoms with Gasteiger partial charge in [0.15, 0.2) is 0 Å². The van der Waals surface area contributed by atoms with Crippen molar-refractivity contribution in [1.29, 1.82) is 0 Å². The van der Waals surface area contributed by atoms with E-state index in [0.29, 0.717) is 12.1 Å². The van der Waals surface area contributed by atoms with Crippen LogP contribution in [0.25, 0.3) is 0 Å². The molecule has 0 radical (unpaired) electrons. The highest BCUT2D eigenvalue weighted by Gasteiger charge is 2.12. The summed E-state index contributed by atoms with van der Waals surface area (Å²) in [6, 6.07) is 8.03. The first-order valence-corrected chi connectivity index (χ1v) is 7.35. The van der Waals surface area contributed by atoms with E-state index in [2.05, 4.69) is 4.98 Å². The number of pyridine rings is 1. The lowest BCUT2D eigenvalue weighted by Crippen LogP contribution is -2.30. The average molecular weight is 306 g/mol. The monoisotopic (exact) mass is 306 g/mol. The van der Waals surface area contributed by atoms with Crippen molar-refractivity contribution in [2.75, 3.05) is 10.6 Å². The molecule has 1 aromatic heterocycles. The van der Waals surface area contributed by atoms with Crippen LogP contribution in [-0.4, -0.2) is 17.1 Å². The predicted molar refractivity (Wildman–Crippen MR) is 82.0 cm³/mol. The molecule has 1 amide bonds. The Balaban J connectivity index is 2.20. The van der Waals surface area contributed by atoms with Crippen molar-refractivity contribution in [1.82, 2.24) is 10.4 Å². The molecule has 0 spiro atoms. The summed E-state index contributed by atoms with van der Waals surface area (Å²) < 4.78 is 16.0. The number of nitrogens with two attached hydrogens (primary N) is 1. The largest absolute Gasteiger partial charge is 0.310 e. The molecule has 0 saturated carbocycles. The van der Waals surface area contributed by atoms with E-state index in [-0.39, 0.29) is 5.56 Å². The van der Waals surface area contributed by atoms with Crippen molar-refractivity contribution in [2.24, 2.45) is 5.84 Å². The zero-order chi connectivity index (χ0) is 15.2. The summed E-state index contributed by atoms with van der Waals surface area (Å²) in [7, 11) is 0. The van der Waals surface area contributed by atoms with E-state index in [0.717, 1.165) is 5.69 Å². The third-order valence-corrected chi connectivity index (χ3v) is 3.70. The van der Waals surface area contributed by atoms with Gasteiger partial charge in [-0.25, -0.2) is 10.2 Å². The minimum absolute atomic E-state index is 0.191. The third-order valence-electron chi connectivity index (χ3n) is 2.91. The fourth-order valence-electron chi connectivity index (χ4n) is 1.82. The van der Waals surface area contributed by atoms with Crippen molar-refractivity contribution in [3.8, 4) is 0 Å². The third kappa shape index (κ3) is 3.71. The Kier molecular flexibility index (Phi) is 5.13. The van der Waals surface area contributed by atoms with Gasteiger partial charge in [-0.2, -0.15) is 0 Å². The summed E-state index contributed by atoms with van der Waals surface area (Å²) in [5.74, 6) is 4.07. The lowest BCUT2D eigenvalue weighted by molar-refractivity contribution is 0.0953. The highest BCUT2D eigenvalue weighted by Crippen LogP contribution is 2.23. The second kappa shape index (κ2) is 7.05. The fraction of sp³-hybridized carbons (Fsp3) is 0.143. The van der Waals surface area contributed by atoms with Gasteiger partial charge in [-0.15, -0.1) is 0 Å². The lowest BCUT2D eigenvalue weighted by atomic mass is 10.1. The van der Waals surface area contributed by atoms with Crippen LogP contribution < -0.4 is 15.6 Å². The molecule has 110 valence electrons. The Bertz CT molecular complexity index is 624. The van der Waals surface area contributed by atoms with Gasteiger partial charge >= 0.3 is 0 Å². The molecule has 0 fully saturated rings. The van der Waals surface area contributed by atoms with Gasteiger partial charge in [-0.3, -0.25) is 15.2 Å². The maximum atomic E-state index is 14.1. The number of halogens is 1. The van der Waals surface area contributed by atoms with E-state index in [1.807, 2.05) is 28.1 Å². The molecule has 0 saturated heterocycles. The standard InChI is InChI=1S/C14H15FN4OS/c1-21-19(12-3-2-6-17-8-12)9-11-5-4-10(7-13(11)15)14(20)18-16/h2-8H,9,16H2,1H3,(H,18,20). The van der Waals surface area contributed by atoms with E-state index in [1.54, 1.807) is 24.5 Å². The maximum Gasteiger partial charge on any atom is 0.265 e.